The topological polar surface area (TPSA) is 130 Å². The Morgan fingerprint density at radius 1 is 0.603 bits per heavy atom. The number of piperazine rings is 2. The number of fused-ring (bicyclic) bond motifs is 4. The summed E-state index contributed by atoms with van der Waals surface area (Å²) in [6, 6.07) is 25.6. The molecular formula is C55H64N10O3. The van der Waals surface area contributed by atoms with Crippen LogP contribution in [0.2, 0.25) is 0 Å². The van der Waals surface area contributed by atoms with Crippen LogP contribution in [0.25, 0.3) is 43.9 Å². The summed E-state index contributed by atoms with van der Waals surface area (Å²) in [5.74, 6) is 3.39. The van der Waals surface area contributed by atoms with E-state index in [2.05, 4.69) is 104 Å². The lowest BCUT2D eigenvalue weighted by molar-refractivity contribution is -0.120. The second kappa shape index (κ2) is 20.7. The van der Waals surface area contributed by atoms with Crippen LogP contribution >= 0.6 is 0 Å². The molecule has 0 bridgehead atoms. The van der Waals surface area contributed by atoms with E-state index in [9.17, 15) is 4.79 Å². The first-order chi connectivity index (χ1) is 33.4. The number of pyridine rings is 4. The number of Topliss-reactive ketones (excluding diaryl/α,β-unsaturated/α-hetero) is 1. The van der Waals surface area contributed by atoms with E-state index < -0.39 is 0 Å². The number of hydrogen-bond donors (Lipinski definition) is 2. The number of H-pyrrole nitrogens is 1. The van der Waals surface area contributed by atoms with Gasteiger partial charge in [0.05, 0.1) is 36.6 Å². The number of anilines is 2. The van der Waals surface area contributed by atoms with Crippen molar-refractivity contribution in [1.29, 1.82) is 0 Å². The highest BCUT2D eigenvalue weighted by Gasteiger charge is 2.31. The highest BCUT2D eigenvalue weighted by atomic mass is 16.5. The van der Waals surface area contributed by atoms with Gasteiger partial charge < -0.3 is 34.1 Å². The molecule has 0 spiro atoms. The van der Waals surface area contributed by atoms with Crippen LogP contribution in [0.3, 0.4) is 0 Å². The van der Waals surface area contributed by atoms with Gasteiger partial charge in [0.1, 0.15) is 28.6 Å². The van der Waals surface area contributed by atoms with Gasteiger partial charge in [-0.3, -0.25) is 19.7 Å². The minimum absolute atomic E-state index is 0.416. The fourth-order valence-corrected chi connectivity index (χ4v) is 11.1. The molecule has 4 aliphatic rings. The molecule has 2 aliphatic heterocycles. The maximum absolute atomic E-state index is 11.3. The van der Waals surface area contributed by atoms with Crippen molar-refractivity contribution in [2.24, 2.45) is 7.05 Å². The molecule has 2 saturated carbocycles. The zero-order valence-corrected chi connectivity index (χ0v) is 39.7. The summed E-state index contributed by atoms with van der Waals surface area (Å²) in [4.78, 5) is 40.3. The Bertz CT molecular complexity index is 2970. The molecule has 2 aliphatic carbocycles. The van der Waals surface area contributed by atoms with Crippen molar-refractivity contribution in [3.8, 4) is 11.5 Å². The second-order valence-corrected chi connectivity index (χ2v) is 18.7. The number of benzene rings is 2. The van der Waals surface area contributed by atoms with E-state index in [1.807, 2.05) is 62.2 Å². The molecule has 12 rings (SSSR count). The van der Waals surface area contributed by atoms with E-state index in [1.165, 1.54) is 59.0 Å². The number of methoxy groups -OCH3 is 2. The van der Waals surface area contributed by atoms with Gasteiger partial charge in [-0.2, -0.15) is 0 Å². The van der Waals surface area contributed by atoms with E-state index >= 15 is 0 Å². The Hall–Kier alpha value is -6.57. The number of hydrogen-bond acceptors (Lipinski definition) is 11. The zero-order chi connectivity index (χ0) is 46.4. The van der Waals surface area contributed by atoms with Crippen LogP contribution in [0.4, 0.5) is 11.4 Å². The van der Waals surface area contributed by atoms with Gasteiger partial charge in [0.25, 0.3) is 0 Å². The van der Waals surface area contributed by atoms with E-state index in [-0.39, 0.29) is 0 Å². The maximum atomic E-state index is 11.3. The fourth-order valence-electron chi connectivity index (χ4n) is 11.1. The fraction of sp³-hybridized carbons (Fsp3) is 0.400. The number of ether oxygens (including phenoxy) is 2. The summed E-state index contributed by atoms with van der Waals surface area (Å²) in [6.07, 6.45) is 20.3. The summed E-state index contributed by atoms with van der Waals surface area (Å²) in [7, 11) is 5.48. The van der Waals surface area contributed by atoms with Crippen molar-refractivity contribution in [1.82, 2.24) is 39.7 Å². The summed E-state index contributed by atoms with van der Waals surface area (Å²) >= 11 is 0. The molecule has 0 unspecified atom stereocenters. The predicted octanol–water partition coefficient (Wildman–Crippen LogP) is 9.42. The Morgan fingerprint density at radius 3 is 1.79 bits per heavy atom. The van der Waals surface area contributed by atoms with Gasteiger partial charge in [0, 0.05) is 149 Å². The number of aromatic nitrogens is 6. The van der Waals surface area contributed by atoms with Crippen molar-refractivity contribution in [2.75, 3.05) is 76.4 Å². The molecule has 2 aromatic carbocycles. The van der Waals surface area contributed by atoms with Crippen LogP contribution in [-0.2, 0) is 11.8 Å². The van der Waals surface area contributed by atoms with Gasteiger partial charge in [-0.25, -0.2) is 9.97 Å². The van der Waals surface area contributed by atoms with Crippen molar-refractivity contribution in [3.05, 3.63) is 121 Å². The van der Waals surface area contributed by atoms with Crippen LogP contribution in [0.1, 0.15) is 74.3 Å². The van der Waals surface area contributed by atoms with Crippen molar-refractivity contribution >= 4 is 61.0 Å². The monoisotopic (exact) mass is 913 g/mol. The Labute approximate surface area is 398 Å². The number of aryl methyl sites for hydroxylation is 1. The Kier molecular flexibility index (Phi) is 13.8. The van der Waals surface area contributed by atoms with Crippen molar-refractivity contribution in [3.63, 3.8) is 0 Å². The number of carbonyl (C=O) groups excluding carboxylic acids is 1. The van der Waals surface area contributed by atoms with E-state index in [0.29, 0.717) is 23.7 Å². The molecular weight excluding hydrogens is 849 g/mol. The van der Waals surface area contributed by atoms with Crippen molar-refractivity contribution in [2.45, 2.75) is 69.2 Å². The average Bonchev–Trinajstić information content (AvgIpc) is 4.00. The molecule has 2 saturated heterocycles. The lowest BCUT2D eigenvalue weighted by Gasteiger charge is -2.42. The first-order valence-electron chi connectivity index (χ1n) is 24.6. The molecule has 6 aromatic heterocycles. The van der Waals surface area contributed by atoms with Crippen LogP contribution < -0.4 is 24.6 Å². The number of carbonyl (C=O) groups is 1. The summed E-state index contributed by atoms with van der Waals surface area (Å²) < 4.78 is 13.0. The molecule has 0 radical (unpaired) electrons. The normalized spacial score (nSPS) is 19.4. The van der Waals surface area contributed by atoms with Crippen molar-refractivity contribution < 1.29 is 14.3 Å². The molecule has 68 heavy (non-hydrogen) atoms. The van der Waals surface area contributed by atoms with Gasteiger partial charge in [0.15, 0.2) is 0 Å². The SMILES string of the molecule is COc1cc(N2CCN(C3CCC(c4c[nH]c5ncccc45)CC3)CC2)c2ncccc2c1.COc1cc(N2CCNCC2)c2ncccc2c1.Cn1cc(C2CCC(=O)CC2)c2cccnc21. The number of ketones is 1. The molecule has 13 nitrogen and oxygen atoms in total. The van der Waals surface area contributed by atoms with E-state index in [4.69, 9.17) is 9.47 Å². The van der Waals surface area contributed by atoms with Crippen LogP contribution in [0.15, 0.2) is 110 Å². The zero-order valence-electron chi connectivity index (χ0n) is 39.7. The smallest absolute Gasteiger partial charge is 0.139 e. The van der Waals surface area contributed by atoms with Crippen LogP contribution in [0, 0.1) is 0 Å². The number of nitrogens with zero attached hydrogens (tertiary/aromatic N) is 8. The van der Waals surface area contributed by atoms with E-state index in [0.717, 1.165) is 123 Å². The first-order valence-corrected chi connectivity index (χ1v) is 24.6. The second-order valence-electron chi connectivity index (χ2n) is 18.7. The summed E-state index contributed by atoms with van der Waals surface area (Å²) in [5.41, 5.74) is 9.37. The third-order valence-corrected chi connectivity index (χ3v) is 14.8. The summed E-state index contributed by atoms with van der Waals surface area (Å²) in [6.45, 7) is 8.35. The molecule has 0 amide bonds. The highest BCUT2D eigenvalue weighted by molar-refractivity contribution is 5.93. The lowest BCUT2D eigenvalue weighted by atomic mass is 9.81. The quantitative estimate of drug-likeness (QED) is 0.159. The minimum atomic E-state index is 0.416. The lowest BCUT2D eigenvalue weighted by Crippen LogP contribution is -2.51. The van der Waals surface area contributed by atoms with Gasteiger partial charge in [-0.05, 0) is 110 Å². The van der Waals surface area contributed by atoms with Gasteiger partial charge in [0.2, 0.25) is 0 Å². The average molecular weight is 913 g/mol. The van der Waals surface area contributed by atoms with E-state index in [1.54, 1.807) is 14.2 Å². The highest BCUT2D eigenvalue weighted by Crippen LogP contribution is 2.39. The number of rotatable bonds is 7. The first kappa shape index (κ1) is 45.2. The molecule has 0 atom stereocenters. The maximum Gasteiger partial charge on any atom is 0.139 e. The standard InChI is InChI=1S/C27H31N5O.C14H17N3O.C14H16N2O/c1-33-22-16-20-4-2-10-28-26(20)25(17-22)32-14-12-31(13-15-32)21-8-6-19(7-9-21)24-18-30-27-23(24)5-3-11-29-27;1-18-12-9-11-3-2-4-16-14(11)13(10-12)17-7-5-15-6-8-17;1-16-9-13(10-4-6-11(17)7-5-10)12-3-2-8-15-14(12)16/h2-5,10-11,16-19,21H,6-9,12-15H2,1H3,(H,29,30);2-4,9-10,15H,5-8H2,1H3;2-3,8-10H,4-7H2,1H3. The van der Waals surface area contributed by atoms with Crippen LogP contribution in [0.5, 0.6) is 11.5 Å². The third-order valence-electron chi connectivity index (χ3n) is 14.8. The minimum Gasteiger partial charge on any atom is -0.497 e. The third kappa shape index (κ3) is 9.73. The Morgan fingerprint density at radius 2 is 1.16 bits per heavy atom. The molecule has 4 fully saturated rings. The van der Waals surface area contributed by atoms with Gasteiger partial charge >= 0.3 is 0 Å². The summed E-state index contributed by atoms with van der Waals surface area (Å²) in [5, 5.41) is 8.18. The number of aromatic amines is 1. The predicted molar refractivity (Wildman–Crippen MR) is 273 cm³/mol. The largest absolute Gasteiger partial charge is 0.497 e. The molecule has 352 valence electrons. The molecule has 13 heteroatoms. The van der Waals surface area contributed by atoms with Crippen LogP contribution in [-0.4, -0.2) is 113 Å². The molecule has 2 N–H and O–H groups in total. The number of nitrogens with one attached hydrogen (secondary N) is 2. The van der Waals surface area contributed by atoms with Gasteiger partial charge in [-0.15, -0.1) is 0 Å². The molecule has 8 aromatic rings. The Balaban J connectivity index is 0.000000130. The van der Waals surface area contributed by atoms with Gasteiger partial charge in [-0.1, -0.05) is 12.1 Å². The molecule has 8 heterocycles.